The molecular weight excluding hydrogens is 351 g/mol. The van der Waals surface area contributed by atoms with Crippen molar-refractivity contribution in [2.45, 2.75) is 13.5 Å². The Kier molecular flexibility index (Phi) is 4.26. The van der Waals surface area contributed by atoms with Gasteiger partial charge in [0, 0.05) is 31.5 Å². The van der Waals surface area contributed by atoms with Gasteiger partial charge in [-0.1, -0.05) is 17.4 Å². The van der Waals surface area contributed by atoms with Crippen molar-refractivity contribution in [3.05, 3.63) is 66.0 Å². The van der Waals surface area contributed by atoms with Gasteiger partial charge < -0.3 is 5.32 Å². The standard InChI is InChI=1S/C18H17FN6S/c1-12-17(26-18(22-12)20-9-13-10-21-24(2)11-13)16-6-7-25(23-16)15-5-3-4-14(19)8-15/h3-8,10-11H,9H2,1-2H3,(H,20,22). The fourth-order valence-electron chi connectivity index (χ4n) is 2.66. The summed E-state index contributed by atoms with van der Waals surface area (Å²) in [4.78, 5) is 5.57. The average Bonchev–Trinajstić information content (AvgIpc) is 3.33. The molecule has 0 fully saturated rings. The van der Waals surface area contributed by atoms with Crippen molar-refractivity contribution in [2.75, 3.05) is 5.32 Å². The zero-order chi connectivity index (χ0) is 18.1. The van der Waals surface area contributed by atoms with Crippen LogP contribution in [0.4, 0.5) is 9.52 Å². The van der Waals surface area contributed by atoms with E-state index < -0.39 is 0 Å². The van der Waals surface area contributed by atoms with Gasteiger partial charge in [0.1, 0.15) is 11.5 Å². The summed E-state index contributed by atoms with van der Waals surface area (Å²) in [5.74, 6) is -0.282. The topological polar surface area (TPSA) is 60.6 Å². The Labute approximate surface area is 153 Å². The normalized spacial score (nSPS) is 11.0. The van der Waals surface area contributed by atoms with Crippen LogP contribution in [0.2, 0.25) is 0 Å². The fraction of sp³-hybridized carbons (Fsp3) is 0.167. The minimum absolute atomic E-state index is 0.282. The SMILES string of the molecule is Cc1nc(NCc2cnn(C)c2)sc1-c1ccn(-c2cccc(F)c2)n1. The molecule has 132 valence electrons. The summed E-state index contributed by atoms with van der Waals surface area (Å²) in [5.41, 5.74) is 3.51. The maximum atomic E-state index is 13.4. The molecule has 0 spiro atoms. The van der Waals surface area contributed by atoms with E-state index in [1.165, 1.54) is 12.1 Å². The monoisotopic (exact) mass is 368 g/mol. The molecule has 0 bridgehead atoms. The molecule has 0 atom stereocenters. The van der Waals surface area contributed by atoms with Crippen LogP contribution in [0.3, 0.4) is 0 Å². The molecule has 4 aromatic rings. The lowest BCUT2D eigenvalue weighted by Crippen LogP contribution is -1.97. The first-order valence-corrected chi connectivity index (χ1v) is 8.91. The number of aryl methyl sites for hydroxylation is 2. The van der Waals surface area contributed by atoms with Crippen LogP contribution in [0.25, 0.3) is 16.3 Å². The number of nitrogens with zero attached hydrogens (tertiary/aromatic N) is 5. The number of hydrogen-bond donors (Lipinski definition) is 1. The molecule has 0 amide bonds. The lowest BCUT2D eigenvalue weighted by atomic mass is 10.3. The summed E-state index contributed by atoms with van der Waals surface area (Å²) in [6.07, 6.45) is 5.62. The van der Waals surface area contributed by atoms with Crippen molar-refractivity contribution >= 4 is 16.5 Å². The third-order valence-electron chi connectivity index (χ3n) is 3.89. The maximum Gasteiger partial charge on any atom is 0.183 e. The summed E-state index contributed by atoms with van der Waals surface area (Å²) >= 11 is 1.55. The Morgan fingerprint density at radius 3 is 2.92 bits per heavy atom. The highest BCUT2D eigenvalue weighted by Crippen LogP contribution is 2.32. The smallest absolute Gasteiger partial charge is 0.183 e. The van der Waals surface area contributed by atoms with Crippen LogP contribution < -0.4 is 5.32 Å². The lowest BCUT2D eigenvalue weighted by molar-refractivity contribution is 0.625. The number of rotatable bonds is 5. The minimum Gasteiger partial charge on any atom is -0.357 e. The summed E-state index contributed by atoms with van der Waals surface area (Å²) in [5, 5.41) is 12.9. The maximum absolute atomic E-state index is 13.4. The van der Waals surface area contributed by atoms with Gasteiger partial charge in [-0.15, -0.1) is 0 Å². The Bertz CT molecular complexity index is 1050. The number of nitrogens with one attached hydrogen (secondary N) is 1. The minimum atomic E-state index is -0.282. The van der Waals surface area contributed by atoms with Crippen LogP contribution in [0.15, 0.2) is 48.9 Å². The van der Waals surface area contributed by atoms with Gasteiger partial charge in [-0.3, -0.25) is 4.68 Å². The first-order chi connectivity index (χ1) is 12.6. The van der Waals surface area contributed by atoms with E-state index in [9.17, 15) is 4.39 Å². The number of benzene rings is 1. The van der Waals surface area contributed by atoms with E-state index in [0.29, 0.717) is 12.2 Å². The first-order valence-electron chi connectivity index (χ1n) is 8.09. The van der Waals surface area contributed by atoms with E-state index in [4.69, 9.17) is 0 Å². The van der Waals surface area contributed by atoms with Crippen LogP contribution in [0.1, 0.15) is 11.3 Å². The molecule has 1 N–H and O–H groups in total. The largest absolute Gasteiger partial charge is 0.357 e. The zero-order valence-electron chi connectivity index (χ0n) is 14.3. The van der Waals surface area contributed by atoms with E-state index in [0.717, 1.165) is 27.0 Å². The second-order valence-corrected chi connectivity index (χ2v) is 6.93. The predicted octanol–water partition coefficient (Wildman–Crippen LogP) is 3.79. The van der Waals surface area contributed by atoms with Gasteiger partial charge in [-0.05, 0) is 31.2 Å². The van der Waals surface area contributed by atoms with Crippen molar-refractivity contribution in [2.24, 2.45) is 7.05 Å². The highest BCUT2D eigenvalue weighted by Gasteiger charge is 2.13. The van der Waals surface area contributed by atoms with E-state index in [1.807, 2.05) is 44.7 Å². The summed E-state index contributed by atoms with van der Waals surface area (Å²) in [6, 6.07) is 8.28. The predicted molar refractivity (Wildman–Crippen MR) is 99.9 cm³/mol. The van der Waals surface area contributed by atoms with Crippen molar-refractivity contribution in [1.82, 2.24) is 24.5 Å². The van der Waals surface area contributed by atoms with Gasteiger partial charge in [0.2, 0.25) is 0 Å². The molecule has 0 saturated carbocycles. The van der Waals surface area contributed by atoms with Crippen molar-refractivity contribution in [1.29, 1.82) is 0 Å². The zero-order valence-corrected chi connectivity index (χ0v) is 15.2. The van der Waals surface area contributed by atoms with Crippen LogP contribution in [-0.2, 0) is 13.6 Å². The lowest BCUT2D eigenvalue weighted by Gasteiger charge is -2.00. The second-order valence-electron chi connectivity index (χ2n) is 5.93. The van der Waals surface area contributed by atoms with Crippen LogP contribution in [-0.4, -0.2) is 24.5 Å². The number of anilines is 1. The van der Waals surface area contributed by atoms with Gasteiger partial charge in [0.05, 0.1) is 22.5 Å². The van der Waals surface area contributed by atoms with Gasteiger partial charge in [0.25, 0.3) is 0 Å². The molecule has 26 heavy (non-hydrogen) atoms. The molecule has 6 nitrogen and oxygen atoms in total. The third-order valence-corrected chi connectivity index (χ3v) is 5.03. The van der Waals surface area contributed by atoms with E-state index in [1.54, 1.807) is 26.8 Å². The van der Waals surface area contributed by atoms with E-state index in [-0.39, 0.29) is 5.82 Å². The van der Waals surface area contributed by atoms with Gasteiger partial charge in [0.15, 0.2) is 5.13 Å². The quantitative estimate of drug-likeness (QED) is 0.582. The molecule has 0 aliphatic rings. The Hall–Kier alpha value is -3.00. The van der Waals surface area contributed by atoms with Crippen molar-refractivity contribution < 1.29 is 4.39 Å². The van der Waals surface area contributed by atoms with Crippen LogP contribution in [0, 0.1) is 12.7 Å². The van der Waals surface area contributed by atoms with Crippen molar-refractivity contribution in [3.63, 3.8) is 0 Å². The molecule has 8 heteroatoms. The highest BCUT2D eigenvalue weighted by atomic mass is 32.1. The molecule has 0 unspecified atom stereocenters. The molecule has 1 aromatic carbocycles. The van der Waals surface area contributed by atoms with Crippen molar-refractivity contribution in [3.8, 4) is 16.3 Å². The molecular formula is C18H17FN6S. The molecule has 0 radical (unpaired) electrons. The number of hydrogen-bond acceptors (Lipinski definition) is 5. The summed E-state index contributed by atoms with van der Waals surface area (Å²) in [7, 11) is 1.89. The number of aromatic nitrogens is 5. The number of thiazole rings is 1. The molecule has 0 saturated heterocycles. The molecule has 0 aliphatic carbocycles. The van der Waals surface area contributed by atoms with Gasteiger partial charge in [-0.25, -0.2) is 14.1 Å². The number of halogens is 1. The van der Waals surface area contributed by atoms with E-state index >= 15 is 0 Å². The highest BCUT2D eigenvalue weighted by molar-refractivity contribution is 7.19. The summed E-state index contributed by atoms with van der Waals surface area (Å²) < 4.78 is 16.9. The van der Waals surface area contributed by atoms with Crippen LogP contribution >= 0.6 is 11.3 Å². The molecule has 0 aliphatic heterocycles. The van der Waals surface area contributed by atoms with Gasteiger partial charge >= 0.3 is 0 Å². The fourth-order valence-corrected chi connectivity index (χ4v) is 3.59. The van der Waals surface area contributed by atoms with Crippen LogP contribution in [0.5, 0.6) is 0 Å². The molecule has 3 heterocycles. The molecule has 4 rings (SSSR count). The second kappa shape index (κ2) is 6.72. The van der Waals surface area contributed by atoms with Gasteiger partial charge in [-0.2, -0.15) is 10.2 Å². The Morgan fingerprint density at radius 1 is 1.27 bits per heavy atom. The third kappa shape index (κ3) is 3.36. The average molecular weight is 368 g/mol. The molecule has 3 aromatic heterocycles. The summed E-state index contributed by atoms with van der Waals surface area (Å²) in [6.45, 7) is 2.63. The Balaban J connectivity index is 1.54. The first kappa shape index (κ1) is 16.5. The van der Waals surface area contributed by atoms with E-state index in [2.05, 4.69) is 20.5 Å². The Morgan fingerprint density at radius 2 is 2.15 bits per heavy atom.